The molecule has 15 heavy (non-hydrogen) atoms. The van der Waals surface area contributed by atoms with Gasteiger partial charge in [0.15, 0.2) is 5.76 Å². The first-order valence-corrected chi connectivity index (χ1v) is 5.61. The van der Waals surface area contributed by atoms with Gasteiger partial charge in [-0.2, -0.15) is 0 Å². The van der Waals surface area contributed by atoms with Crippen LogP contribution in [-0.2, 0) is 13.1 Å². The molecule has 1 aromatic rings. The van der Waals surface area contributed by atoms with Crippen LogP contribution in [0, 0.1) is 0 Å². The predicted octanol–water partition coefficient (Wildman–Crippen LogP) is 1.63. The summed E-state index contributed by atoms with van der Waals surface area (Å²) in [5.41, 5.74) is 0.972. The molecule has 1 aromatic heterocycles. The van der Waals surface area contributed by atoms with Crippen molar-refractivity contribution in [1.29, 1.82) is 0 Å². The summed E-state index contributed by atoms with van der Waals surface area (Å²) in [6.45, 7) is 8.15. The van der Waals surface area contributed by atoms with E-state index >= 15 is 0 Å². The van der Waals surface area contributed by atoms with E-state index in [1.165, 1.54) is 6.42 Å². The Balaban J connectivity index is 2.47. The van der Waals surface area contributed by atoms with Gasteiger partial charge >= 0.3 is 0 Å². The molecule has 0 aliphatic carbocycles. The highest BCUT2D eigenvalue weighted by molar-refractivity contribution is 5.04. The topological polar surface area (TPSA) is 41.3 Å². The second-order valence-corrected chi connectivity index (χ2v) is 3.68. The zero-order chi connectivity index (χ0) is 11.1. The van der Waals surface area contributed by atoms with Gasteiger partial charge in [0.1, 0.15) is 0 Å². The summed E-state index contributed by atoms with van der Waals surface area (Å²) < 4.78 is 5.26. The summed E-state index contributed by atoms with van der Waals surface area (Å²) in [5, 5.41) is 7.04. The zero-order valence-corrected chi connectivity index (χ0v) is 9.92. The van der Waals surface area contributed by atoms with Gasteiger partial charge in [0.2, 0.25) is 0 Å². The second-order valence-electron chi connectivity index (χ2n) is 3.68. The summed E-state index contributed by atoms with van der Waals surface area (Å²) in [6, 6.07) is 2.02. The highest BCUT2D eigenvalue weighted by Crippen LogP contribution is 2.07. The fourth-order valence-electron chi connectivity index (χ4n) is 1.58. The number of aromatic nitrogens is 1. The van der Waals surface area contributed by atoms with Crippen molar-refractivity contribution in [3.05, 3.63) is 17.5 Å². The van der Waals surface area contributed by atoms with Crippen LogP contribution in [0.15, 0.2) is 10.6 Å². The summed E-state index contributed by atoms with van der Waals surface area (Å²) in [4.78, 5) is 2.35. The maximum atomic E-state index is 5.26. The largest absolute Gasteiger partial charge is 0.360 e. The second kappa shape index (κ2) is 6.58. The van der Waals surface area contributed by atoms with Crippen LogP contribution in [0.4, 0.5) is 0 Å². The maximum Gasteiger partial charge on any atom is 0.151 e. The molecule has 0 aliphatic heterocycles. The van der Waals surface area contributed by atoms with Gasteiger partial charge in [0.25, 0.3) is 0 Å². The molecule has 0 unspecified atom stereocenters. The molecule has 0 aliphatic rings. The van der Waals surface area contributed by atoms with Gasteiger partial charge in [0.05, 0.1) is 12.2 Å². The van der Waals surface area contributed by atoms with Crippen LogP contribution in [-0.4, -0.2) is 30.2 Å². The highest BCUT2D eigenvalue weighted by Gasteiger charge is 2.07. The summed E-state index contributed by atoms with van der Waals surface area (Å²) >= 11 is 0. The molecule has 0 bridgehead atoms. The molecule has 0 aromatic carbocycles. The van der Waals surface area contributed by atoms with Gasteiger partial charge < -0.3 is 9.84 Å². The van der Waals surface area contributed by atoms with Crippen LogP contribution in [0.2, 0.25) is 0 Å². The van der Waals surface area contributed by atoms with E-state index in [1.54, 1.807) is 0 Å². The molecular weight excluding hydrogens is 190 g/mol. The van der Waals surface area contributed by atoms with Gasteiger partial charge in [-0.15, -0.1) is 0 Å². The van der Waals surface area contributed by atoms with Crippen molar-refractivity contribution in [3.63, 3.8) is 0 Å². The van der Waals surface area contributed by atoms with Crippen LogP contribution >= 0.6 is 0 Å². The third-order valence-corrected chi connectivity index (χ3v) is 2.33. The van der Waals surface area contributed by atoms with Crippen molar-refractivity contribution < 1.29 is 4.52 Å². The average molecular weight is 211 g/mol. The molecule has 0 amide bonds. The lowest BCUT2D eigenvalue weighted by atomic mass is 10.3. The Labute approximate surface area is 91.6 Å². The van der Waals surface area contributed by atoms with Crippen LogP contribution in [0.25, 0.3) is 0 Å². The van der Waals surface area contributed by atoms with E-state index in [-0.39, 0.29) is 0 Å². The standard InChI is InChI=1S/C11H21N3O/c1-4-6-14(5-2)9-11-7-10(8-12-3)13-15-11/h7,12H,4-6,8-9H2,1-3H3. The minimum atomic E-state index is 0.767. The van der Waals surface area contributed by atoms with Crippen molar-refractivity contribution in [1.82, 2.24) is 15.4 Å². The summed E-state index contributed by atoms with van der Waals surface area (Å²) in [6.07, 6.45) is 1.17. The summed E-state index contributed by atoms with van der Waals surface area (Å²) in [7, 11) is 1.91. The fraction of sp³-hybridized carbons (Fsp3) is 0.727. The molecule has 0 saturated carbocycles. The first-order valence-electron chi connectivity index (χ1n) is 5.61. The quantitative estimate of drug-likeness (QED) is 0.744. The van der Waals surface area contributed by atoms with Crippen molar-refractivity contribution in [2.45, 2.75) is 33.4 Å². The van der Waals surface area contributed by atoms with Gasteiger partial charge in [-0.3, -0.25) is 4.90 Å². The number of nitrogens with zero attached hydrogens (tertiary/aromatic N) is 2. The van der Waals surface area contributed by atoms with Crippen molar-refractivity contribution >= 4 is 0 Å². The van der Waals surface area contributed by atoms with Crippen LogP contribution in [0.3, 0.4) is 0 Å². The molecule has 0 spiro atoms. The molecular formula is C11H21N3O. The number of nitrogens with one attached hydrogen (secondary N) is 1. The maximum absolute atomic E-state index is 5.26. The van der Waals surface area contributed by atoms with Crippen molar-refractivity contribution in [2.24, 2.45) is 0 Å². The first-order chi connectivity index (χ1) is 7.30. The summed E-state index contributed by atoms with van der Waals surface area (Å²) in [5.74, 6) is 0.954. The number of hydrogen-bond acceptors (Lipinski definition) is 4. The molecule has 4 heteroatoms. The lowest BCUT2D eigenvalue weighted by molar-refractivity contribution is 0.241. The molecule has 0 radical (unpaired) electrons. The Hall–Kier alpha value is -0.870. The molecule has 0 atom stereocenters. The smallest absolute Gasteiger partial charge is 0.151 e. The third-order valence-electron chi connectivity index (χ3n) is 2.33. The number of rotatable bonds is 7. The first kappa shape index (κ1) is 12.2. The predicted molar refractivity (Wildman–Crippen MR) is 60.5 cm³/mol. The minimum absolute atomic E-state index is 0.767. The molecule has 0 fully saturated rings. The molecule has 1 heterocycles. The van der Waals surface area contributed by atoms with E-state index in [2.05, 4.69) is 29.2 Å². The highest BCUT2D eigenvalue weighted by atomic mass is 16.5. The molecule has 4 nitrogen and oxygen atoms in total. The monoisotopic (exact) mass is 211 g/mol. The van der Waals surface area contributed by atoms with E-state index in [1.807, 2.05) is 13.1 Å². The Morgan fingerprint density at radius 3 is 2.87 bits per heavy atom. The lowest BCUT2D eigenvalue weighted by Gasteiger charge is -2.16. The van der Waals surface area contributed by atoms with E-state index in [9.17, 15) is 0 Å². The van der Waals surface area contributed by atoms with Crippen LogP contribution < -0.4 is 5.32 Å². The Morgan fingerprint density at radius 2 is 2.27 bits per heavy atom. The van der Waals surface area contributed by atoms with Crippen molar-refractivity contribution in [2.75, 3.05) is 20.1 Å². The molecule has 86 valence electrons. The Morgan fingerprint density at radius 1 is 1.47 bits per heavy atom. The minimum Gasteiger partial charge on any atom is -0.360 e. The van der Waals surface area contributed by atoms with Gasteiger partial charge in [-0.25, -0.2) is 0 Å². The van der Waals surface area contributed by atoms with Crippen LogP contribution in [0.5, 0.6) is 0 Å². The lowest BCUT2D eigenvalue weighted by Crippen LogP contribution is -2.23. The normalized spacial score (nSPS) is 11.2. The van der Waals surface area contributed by atoms with E-state index in [0.717, 1.165) is 37.6 Å². The zero-order valence-electron chi connectivity index (χ0n) is 9.92. The van der Waals surface area contributed by atoms with E-state index in [0.29, 0.717) is 0 Å². The molecule has 1 N–H and O–H groups in total. The Bertz CT molecular complexity index is 273. The number of hydrogen-bond donors (Lipinski definition) is 1. The SMILES string of the molecule is CCCN(CC)Cc1cc(CNC)no1. The fourth-order valence-corrected chi connectivity index (χ4v) is 1.58. The molecule has 1 rings (SSSR count). The molecule has 0 saturated heterocycles. The Kier molecular flexibility index (Phi) is 5.36. The van der Waals surface area contributed by atoms with Crippen molar-refractivity contribution in [3.8, 4) is 0 Å². The average Bonchev–Trinajstić information content (AvgIpc) is 2.66. The van der Waals surface area contributed by atoms with Gasteiger partial charge in [0, 0.05) is 12.6 Å². The third kappa shape index (κ3) is 4.01. The van der Waals surface area contributed by atoms with E-state index < -0.39 is 0 Å². The van der Waals surface area contributed by atoms with Crippen LogP contribution in [0.1, 0.15) is 31.7 Å². The van der Waals surface area contributed by atoms with Gasteiger partial charge in [-0.05, 0) is 26.6 Å². The van der Waals surface area contributed by atoms with Gasteiger partial charge in [-0.1, -0.05) is 19.0 Å². The van der Waals surface area contributed by atoms with E-state index in [4.69, 9.17) is 4.52 Å².